The molecule has 1 aliphatic heterocycles. The summed E-state index contributed by atoms with van der Waals surface area (Å²) >= 11 is 0. The van der Waals surface area contributed by atoms with Gasteiger partial charge in [-0.1, -0.05) is 6.07 Å². The predicted octanol–water partition coefficient (Wildman–Crippen LogP) is 4.92. The molecule has 0 spiro atoms. The van der Waals surface area contributed by atoms with Gasteiger partial charge in [0.25, 0.3) is 11.8 Å². The molecule has 0 saturated heterocycles. The fourth-order valence-corrected chi connectivity index (χ4v) is 4.48. The Kier molecular flexibility index (Phi) is 4.25. The third-order valence-electron chi connectivity index (χ3n) is 6.04. The molecule has 2 aromatic heterocycles. The lowest BCUT2D eigenvalue weighted by Crippen LogP contribution is -2.40. The van der Waals surface area contributed by atoms with Gasteiger partial charge < -0.3 is 14.2 Å². The minimum atomic E-state index is -1.13. The highest BCUT2D eigenvalue weighted by atomic mass is 16.4. The predicted molar refractivity (Wildman–Crippen MR) is 127 cm³/mol. The summed E-state index contributed by atoms with van der Waals surface area (Å²) in [5.41, 5.74) is 2.55. The van der Waals surface area contributed by atoms with Crippen LogP contribution in [-0.4, -0.2) is 32.0 Å². The number of carbonyl (C=O) groups excluding carboxylic acids is 2. The van der Waals surface area contributed by atoms with E-state index in [-0.39, 0.29) is 11.3 Å². The lowest BCUT2D eigenvalue weighted by Gasteiger charge is -2.28. The molecular formula is C27H17N3O4. The summed E-state index contributed by atoms with van der Waals surface area (Å²) in [7, 11) is 0. The van der Waals surface area contributed by atoms with E-state index in [4.69, 9.17) is 0 Å². The minimum absolute atomic E-state index is 0.00349. The van der Waals surface area contributed by atoms with Crippen molar-refractivity contribution >= 4 is 34.2 Å². The first-order valence-electron chi connectivity index (χ1n) is 10.6. The van der Waals surface area contributed by atoms with E-state index in [1.54, 1.807) is 18.2 Å². The van der Waals surface area contributed by atoms with Gasteiger partial charge in [-0.05, 0) is 72.1 Å². The van der Waals surface area contributed by atoms with Crippen molar-refractivity contribution in [3.63, 3.8) is 0 Å². The molecule has 0 radical (unpaired) electrons. The van der Waals surface area contributed by atoms with Crippen LogP contribution in [0, 0.1) is 0 Å². The number of benzene rings is 3. The normalized spacial score (nSPS) is 13.0. The standard InChI is InChI=1S/C27H17N3O4/c31-25-22-15-20(28-8-1-2-9-28)13-18-14-21(29-10-3-4-11-29)16-23(24(18)22)26(32)30(25)19-7-5-6-17(12-19)27(33)34/h1-16H,(H,33,34). The molecule has 0 aliphatic carbocycles. The highest BCUT2D eigenvalue weighted by Gasteiger charge is 2.35. The van der Waals surface area contributed by atoms with Gasteiger partial charge >= 0.3 is 5.97 Å². The second-order valence-corrected chi connectivity index (χ2v) is 8.07. The second kappa shape index (κ2) is 7.31. The van der Waals surface area contributed by atoms with Crippen LogP contribution in [0.3, 0.4) is 0 Å². The van der Waals surface area contributed by atoms with Crippen LogP contribution in [-0.2, 0) is 0 Å². The van der Waals surface area contributed by atoms with E-state index in [9.17, 15) is 19.5 Å². The maximum atomic E-state index is 13.7. The molecule has 7 heteroatoms. The van der Waals surface area contributed by atoms with Crippen molar-refractivity contribution in [1.29, 1.82) is 0 Å². The summed E-state index contributed by atoms with van der Waals surface area (Å²) in [5.74, 6) is -2.12. The molecule has 164 valence electrons. The lowest BCUT2D eigenvalue weighted by molar-refractivity contribution is 0.0695. The van der Waals surface area contributed by atoms with Crippen LogP contribution >= 0.6 is 0 Å². The van der Waals surface area contributed by atoms with E-state index in [2.05, 4.69) is 0 Å². The maximum Gasteiger partial charge on any atom is 0.335 e. The Labute approximate surface area is 193 Å². The fourth-order valence-electron chi connectivity index (χ4n) is 4.48. The van der Waals surface area contributed by atoms with E-state index in [1.165, 1.54) is 18.2 Å². The summed E-state index contributed by atoms with van der Waals surface area (Å²) in [6.07, 6.45) is 7.54. The number of hydrogen-bond donors (Lipinski definition) is 1. The molecule has 34 heavy (non-hydrogen) atoms. The zero-order valence-corrected chi connectivity index (χ0v) is 17.8. The van der Waals surface area contributed by atoms with Gasteiger partial charge in [-0.25, -0.2) is 9.69 Å². The van der Waals surface area contributed by atoms with Gasteiger partial charge in [0.15, 0.2) is 0 Å². The molecule has 6 rings (SSSR count). The Balaban J connectivity index is 1.63. The Morgan fingerprint density at radius 2 is 1.18 bits per heavy atom. The van der Waals surface area contributed by atoms with E-state index in [0.717, 1.165) is 21.7 Å². The zero-order chi connectivity index (χ0) is 23.4. The maximum absolute atomic E-state index is 13.7. The van der Waals surface area contributed by atoms with Crippen LogP contribution in [0.15, 0.2) is 97.6 Å². The molecule has 0 fully saturated rings. The summed E-state index contributed by atoms with van der Waals surface area (Å²) in [6, 6.07) is 20.9. The third kappa shape index (κ3) is 2.95. The van der Waals surface area contributed by atoms with Crippen molar-refractivity contribution in [2.24, 2.45) is 0 Å². The molecule has 3 heterocycles. The number of aromatic nitrogens is 2. The van der Waals surface area contributed by atoms with Gasteiger partial charge in [0.1, 0.15) is 0 Å². The molecule has 3 aromatic carbocycles. The average molecular weight is 447 g/mol. The van der Waals surface area contributed by atoms with Gasteiger partial charge in [-0.3, -0.25) is 9.59 Å². The van der Waals surface area contributed by atoms with Crippen LogP contribution in [0.1, 0.15) is 31.1 Å². The van der Waals surface area contributed by atoms with Crippen molar-refractivity contribution in [3.8, 4) is 11.4 Å². The smallest absolute Gasteiger partial charge is 0.335 e. The molecule has 1 N–H and O–H groups in total. The van der Waals surface area contributed by atoms with Crippen molar-refractivity contribution in [2.45, 2.75) is 0 Å². The monoisotopic (exact) mass is 447 g/mol. The quantitative estimate of drug-likeness (QED) is 0.397. The first kappa shape index (κ1) is 19.8. The summed E-state index contributed by atoms with van der Waals surface area (Å²) in [5, 5.41) is 10.8. The number of carbonyl (C=O) groups is 3. The number of hydrogen-bond acceptors (Lipinski definition) is 3. The van der Waals surface area contributed by atoms with Crippen molar-refractivity contribution in [2.75, 3.05) is 4.90 Å². The topological polar surface area (TPSA) is 84.5 Å². The fraction of sp³-hybridized carbons (Fsp3) is 0. The summed E-state index contributed by atoms with van der Waals surface area (Å²) in [6.45, 7) is 0. The molecule has 1 aliphatic rings. The van der Waals surface area contributed by atoms with Gasteiger partial charge in [-0.2, -0.15) is 0 Å². The van der Waals surface area contributed by atoms with E-state index >= 15 is 0 Å². The molecule has 7 nitrogen and oxygen atoms in total. The first-order chi connectivity index (χ1) is 16.5. The number of carboxylic acid groups (broad SMARTS) is 1. The van der Waals surface area contributed by atoms with Crippen molar-refractivity contribution < 1.29 is 19.5 Å². The summed E-state index contributed by atoms with van der Waals surface area (Å²) in [4.78, 5) is 39.9. The first-order valence-corrected chi connectivity index (χ1v) is 10.6. The number of carboxylic acids is 1. The van der Waals surface area contributed by atoms with Gasteiger partial charge in [0, 0.05) is 41.5 Å². The minimum Gasteiger partial charge on any atom is -0.478 e. The Morgan fingerprint density at radius 1 is 0.647 bits per heavy atom. The molecule has 0 unspecified atom stereocenters. The molecule has 0 saturated carbocycles. The van der Waals surface area contributed by atoms with Crippen molar-refractivity contribution in [3.05, 3.63) is 114 Å². The number of aromatic carboxylic acids is 1. The van der Waals surface area contributed by atoms with E-state index in [1.807, 2.05) is 70.3 Å². The van der Waals surface area contributed by atoms with Gasteiger partial charge in [0.05, 0.1) is 22.4 Å². The highest BCUT2D eigenvalue weighted by molar-refractivity contribution is 6.36. The number of nitrogens with zero attached hydrogens (tertiary/aromatic N) is 3. The van der Waals surface area contributed by atoms with Crippen LogP contribution in [0.5, 0.6) is 0 Å². The molecular weight excluding hydrogens is 430 g/mol. The lowest BCUT2D eigenvalue weighted by atomic mass is 9.92. The number of amides is 2. The largest absolute Gasteiger partial charge is 0.478 e. The highest BCUT2D eigenvalue weighted by Crippen LogP contribution is 2.36. The third-order valence-corrected chi connectivity index (χ3v) is 6.04. The number of imide groups is 1. The molecule has 0 atom stereocenters. The van der Waals surface area contributed by atoms with Gasteiger partial charge in [-0.15, -0.1) is 0 Å². The number of rotatable bonds is 4. The Hall–Kier alpha value is -4.91. The van der Waals surface area contributed by atoms with Gasteiger partial charge in [0.2, 0.25) is 0 Å². The summed E-state index contributed by atoms with van der Waals surface area (Å²) < 4.78 is 3.80. The van der Waals surface area contributed by atoms with Crippen LogP contribution < -0.4 is 4.90 Å². The molecule has 0 bridgehead atoms. The van der Waals surface area contributed by atoms with Crippen LogP contribution in [0.2, 0.25) is 0 Å². The Morgan fingerprint density at radius 3 is 1.68 bits per heavy atom. The Bertz CT molecular complexity index is 1530. The SMILES string of the molecule is O=C(O)c1cccc(N2C(=O)c3cc(-n4cccc4)cc4cc(-n5cccc5)cc(c34)C2=O)c1. The van der Waals surface area contributed by atoms with Crippen molar-refractivity contribution in [1.82, 2.24) is 9.13 Å². The average Bonchev–Trinajstić information content (AvgIpc) is 3.57. The molecule has 5 aromatic rings. The van der Waals surface area contributed by atoms with Crippen LogP contribution in [0.25, 0.3) is 22.1 Å². The molecule has 2 amide bonds. The van der Waals surface area contributed by atoms with E-state index in [0.29, 0.717) is 16.5 Å². The van der Waals surface area contributed by atoms with Crippen LogP contribution in [0.4, 0.5) is 5.69 Å². The number of anilines is 1. The van der Waals surface area contributed by atoms with E-state index < -0.39 is 17.8 Å². The zero-order valence-electron chi connectivity index (χ0n) is 17.8. The second-order valence-electron chi connectivity index (χ2n) is 8.07.